The number of anilines is 1. The van der Waals surface area contributed by atoms with E-state index in [0.29, 0.717) is 0 Å². The zero-order valence-corrected chi connectivity index (χ0v) is 25.6. The molecule has 2 unspecified atom stereocenters. The van der Waals surface area contributed by atoms with Gasteiger partial charge < -0.3 is 4.90 Å². The van der Waals surface area contributed by atoms with Crippen LogP contribution in [0.2, 0.25) is 0 Å². The molecule has 2 nitrogen and oxygen atoms in total. The van der Waals surface area contributed by atoms with E-state index < -0.39 is 16.9 Å². The second-order valence-electron chi connectivity index (χ2n) is 12.8. The van der Waals surface area contributed by atoms with E-state index in [4.69, 9.17) is 0 Å². The average molecular weight is 560 g/mol. The maximum absolute atomic E-state index is 15.1. The summed E-state index contributed by atoms with van der Waals surface area (Å²) in [6.07, 6.45) is 4.68. The first-order valence-corrected chi connectivity index (χ1v) is 15.2. The molecule has 7 rings (SSSR count). The van der Waals surface area contributed by atoms with E-state index in [-0.39, 0.29) is 5.78 Å². The van der Waals surface area contributed by atoms with Crippen molar-refractivity contribution < 1.29 is 4.79 Å². The second-order valence-corrected chi connectivity index (χ2v) is 12.8. The predicted molar refractivity (Wildman–Crippen MR) is 181 cm³/mol. The number of aryl methyl sites for hydroxylation is 2. The highest BCUT2D eigenvalue weighted by atomic mass is 16.1. The fraction of sp³-hybridized carbons (Fsp3) is 0.195. The van der Waals surface area contributed by atoms with E-state index in [1.165, 1.54) is 27.6 Å². The smallest absolute Gasteiger partial charge is 0.173 e. The van der Waals surface area contributed by atoms with E-state index in [0.717, 1.165) is 33.4 Å². The van der Waals surface area contributed by atoms with Crippen molar-refractivity contribution in [3.8, 4) is 0 Å². The van der Waals surface area contributed by atoms with Crippen molar-refractivity contribution in [3.63, 3.8) is 0 Å². The zero-order chi connectivity index (χ0) is 29.9. The molecule has 0 saturated carbocycles. The highest BCUT2D eigenvalue weighted by Gasteiger charge is 2.62. The number of Topliss-reactive ketones (excluding diaryl/α,β-unsaturated/α-hetero) is 1. The number of carbonyl (C=O) groups is 1. The summed E-state index contributed by atoms with van der Waals surface area (Å²) in [7, 11) is 2.19. The number of carbonyl (C=O) groups excluding carboxylic acids is 1. The van der Waals surface area contributed by atoms with Crippen molar-refractivity contribution in [2.75, 3.05) is 11.9 Å². The average Bonchev–Trinajstić information content (AvgIpc) is 3.19. The number of hydrogen-bond acceptors (Lipinski definition) is 2. The Hall–Kier alpha value is -4.69. The number of benzene rings is 5. The first-order valence-electron chi connectivity index (χ1n) is 15.2. The van der Waals surface area contributed by atoms with Gasteiger partial charge in [0.15, 0.2) is 5.78 Å². The minimum Gasteiger partial charge on any atom is -0.363 e. The van der Waals surface area contributed by atoms with Gasteiger partial charge in [0.05, 0.1) is 11.5 Å². The molecule has 2 aliphatic rings. The molecule has 1 heterocycles. The highest BCUT2D eigenvalue weighted by Crippen LogP contribution is 2.61. The van der Waals surface area contributed by atoms with E-state index in [1.807, 2.05) is 30.3 Å². The molecule has 5 aromatic rings. The molecule has 0 N–H and O–H groups in total. The van der Waals surface area contributed by atoms with Gasteiger partial charge in [-0.05, 0) is 70.7 Å². The number of ketones is 1. The van der Waals surface area contributed by atoms with Crippen LogP contribution in [-0.2, 0) is 5.41 Å². The molecule has 0 bridgehead atoms. The fourth-order valence-corrected chi connectivity index (χ4v) is 7.72. The molecule has 1 aliphatic heterocycles. The number of fused-ring (bicyclic) bond motifs is 3. The van der Waals surface area contributed by atoms with Crippen LogP contribution in [0.3, 0.4) is 0 Å². The standard InChI is InChI=1S/C41H37NO/c1-27-15-19-29(20-16-27)33-25-35(30-11-7-6-8-12-30)38(39(43)32-21-17-28(2)18-22-32)41(26-33)40(3,4)37-34-14-10-9-13-31(34)23-24-36(37)42(41)5/h6-26,38H,1-5H3. The van der Waals surface area contributed by atoms with Crippen LogP contribution in [0.5, 0.6) is 0 Å². The number of likely N-dealkylation sites (N-methyl/N-ethyl adjacent to an activating group) is 1. The van der Waals surface area contributed by atoms with Crippen molar-refractivity contribution >= 4 is 33.4 Å². The van der Waals surface area contributed by atoms with Gasteiger partial charge in [-0.3, -0.25) is 4.79 Å². The fourth-order valence-electron chi connectivity index (χ4n) is 7.72. The van der Waals surface area contributed by atoms with E-state index in [1.54, 1.807) is 0 Å². The van der Waals surface area contributed by atoms with Crippen LogP contribution in [0, 0.1) is 19.8 Å². The Morgan fingerprint density at radius 2 is 1.33 bits per heavy atom. The van der Waals surface area contributed by atoms with Crippen LogP contribution in [0.25, 0.3) is 21.9 Å². The maximum atomic E-state index is 15.1. The first kappa shape index (κ1) is 27.2. The van der Waals surface area contributed by atoms with Crippen LogP contribution >= 0.6 is 0 Å². The van der Waals surface area contributed by atoms with Crippen LogP contribution < -0.4 is 4.90 Å². The Kier molecular flexibility index (Phi) is 6.29. The van der Waals surface area contributed by atoms with Crippen LogP contribution in [0.15, 0.2) is 127 Å². The van der Waals surface area contributed by atoms with Gasteiger partial charge in [0.25, 0.3) is 0 Å². The lowest BCUT2D eigenvalue weighted by molar-refractivity contribution is 0.0886. The molecule has 212 valence electrons. The summed E-state index contributed by atoms with van der Waals surface area (Å²) in [6.45, 7) is 8.87. The number of hydrogen-bond donors (Lipinski definition) is 0. The summed E-state index contributed by atoms with van der Waals surface area (Å²) < 4.78 is 0. The minimum absolute atomic E-state index is 0.145. The Morgan fingerprint density at radius 1 is 0.698 bits per heavy atom. The molecule has 5 aromatic carbocycles. The molecule has 0 saturated heterocycles. The van der Waals surface area contributed by atoms with Crippen molar-refractivity contribution in [1.82, 2.24) is 0 Å². The largest absolute Gasteiger partial charge is 0.363 e. The molecule has 43 heavy (non-hydrogen) atoms. The summed E-state index contributed by atoms with van der Waals surface area (Å²) in [5, 5.41) is 2.47. The summed E-state index contributed by atoms with van der Waals surface area (Å²) in [5.74, 6) is -0.302. The predicted octanol–water partition coefficient (Wildman–Crippen LogP) is 9.60. The summed E-state index contributed by atoms with van der Waals surface area (Å²) >= 11 is 0. The van der Waals surface area contributed by atoms with Gasteiger partial charge in [0, 0.05) is 23.7 Å². The molecular weight excluding hydrogens is 522 g/mol. The van der Waals surface area contributed by atoms with Gasteiger partial charge in [-0.15, -0.1) is 0 Å². The first-order chi connectivity index (χ1) is 20.7. The van der Waals surface area contributed by atoms with Gasteiger partial charge in [0.2, 0.25) is 0 Å². The summed E-state index contributed by atoms with van der Waals surface area (Å²) in [5.41, 5.74) is 8.93. The third-order valence-corrected chi connectivity index (χ3v) is 9.98. The van der Waals surface area contributed by atoms with Crippen molar-refractivity contribution in [3.05, 3.63) is 161 Å². The SMILES string of the molecule is Cc1ccc(C(=O)C2C(c3ccccc3)=CC(c3ccc(C)cc3)=CC23N(C)c2ccc4ccccc4c2C3(C)C)cc1. The lowest BCUT2D eigenvalue weighted by Gasteiger charge is -2.52. The van der Waals surface area contributed by atoms with Gasteiger partial charge in [-0.1, -0.05) is 134 Å². The van der Waals surface area contributed by atoms with Crippen molar-refractivity contribution in [2.24, 2.45) is 5.92 Å². The molecule has 0 aromatic heterocycles. The van der Waals surface area contributed by atoms with E-state index >= 15 is 4.79 Å². The van der Waals surface area contributed by atoms with Crippen LogP contribution in [0.1, 0.15) is 52.0 Å². The zero-order valence-electron chi connectivity index (χ0n) is 25.6. The summed E-state index contributed by atoms with van der Waals surface area (Å²) in [4.78, 5) is 17.5. The van der Waals surface area contributed by atoms with Gasteiger partial charge >= 0.3 is 0 Å². The molecule has 2 heteroatoms. The normalized spacial score (nSPS) is 20.6. The van der Waals surface area contributed by atoms with E-state index in [9.17, 15) is 0 Å². The van der Waals surface area contributed by atoms with Crippen molar-refractivity contribution in [1.29, 1.82) is 0 Å². The van der Waals surface area contributed by atoms with Gasteiger partial charge in [0.1, 0.15) is 0 Å². The Morgan fingerprint density at radius 3 is 2.02 bits per heavy atom. The lowest BCUT2D eigenvalue weighted by atomic mass is 9.56. The molecule has 1 aliphatic carbocycles. The summed E-state index contributed by atoms with van der Waals surface area (Å²) in [6, 6.07) is 40.5. The Balaban J connectivity index is 1.57. The Bertz CT molecular complexity index is 1930. The third-order valence-electron chi connectivity index (χ3n) is 9.98. The molecule has 1 spiro atoms. The molecule has 2 atom stereocenters. The maximum Gasteiger partial charge on any atom is 0.173 e. The minimum atomic E-state index is -0.679. The highest BCUT2D eigenvalue weighted by molar-refractivity contribution is 6.11. The molecule has 0 radical (unpaired) electrons. The quantitative estimate of drug-likeness (QED) is 0.204. The second kappa shape index (κ2) is 9.95. The topological polar surface area (TPSA) is 20.3 Å². The number of nitrogens with zero attached hydrogens (tertiary/aromatic N) is 1. The number of rotatable bonds is 4. The third kappa shape index (κ3) is 4.04. The van der Waals surface area contributed by atoms with E-state index in [2.05, 4.69) is 137 Å². The van der Waals surface area contributed by atoms with Crippen molar-refractivity contribution in [2.45, 2.75) is 38.6 Å². The van der Waals surface area contributed by atoms with Crippen LogP contribution in [-0.4, -0.2) is 18.4 Å². The Labute approximate surface area is 255 Å². The molecule has 0 amide bonds. The monoisotopic (exact) mass is 559 g/mol. The van der Waals surface area contributed by atoms with Gasteiger partial charge in [-0.2, -0.15) is 0 Å². The van der Waals surface area contributed by atoms with Crippen LogP contribution in [0.4, 0.5) is 5.69 Å². The van der Waals surface area contributed by atoms with Gasteiger partial charge in [-0.25, -0.2) is 0 Å². The lowest BCUT2D eigenvalue weighted by Crippen LogP contribution is -2.61. The molecular formula is C41H37NO. The number of allylic oxidation sites excluding steroid dienone is 2. The molecule has 0 fully saturated rings.